The molecule has 0 spiro atoms. The minimum absolute atomic E-state index is 0.0469. The van der Waals surface area contributed by atoms with E-state index in [9.17, 15) is 9.59 Å². The number of nitrogens with one attached hydrogen (secondary N) is 2. The number of nitrogens with two attached hydrogens (primary N) is 1. The van der Waals surface area contributed by atoms with Gasteiger partial charge in [-0.1, -0.05) is 19.1 Å². The van der Waals surface area contributed by atoms with Crippen LogP contribution < -0.4 is 15.8 Å². The Morgan fingerprint density at radius 3 is 2.26 bits per heavy atom. The summed E-state index contributed by atoms with van der Waals surface area (Å²) >= 11 is 0. The number of hydrogen-bond donors (Lipinski definition) is 3. The number of amides is 1. The molecule has 0 aliphatic carbocycles. The summed E-state index contributed by atoms with van der Waals surface area (Å²) in [6.45, 7) is 3.95. The predicted molar refractivity (Wildman–Crippen MR) is 106 cm³/mol. The van der Waals surface area contributed by atoms with E-state index < -0.39 is 5.97 Å². The van der Waals surface area contributed by atoms with Gasteiger partial charge in [-0.05, 0) is 61.4 Å². The van der Waals surface area contributed by atoms with Crippen molar-refractivity contribution in [2.75, 3.05) is 0 Å². The number of nitrogen functional groups attached to an aromatic ring is 1. The minimum atomic E-state index is -0.490. The van der Waals surface area contributed by atoms with Crippen molar-refractivity contribution in [1.29, 1.82) is 5.41 Å². The highest BCUT2D eigenvalue weighted by Gasteiger charge is 2.09. The van der Waals surface area contributed by atoms with Crippen LogP contribution >= 0.6 is 0 Å². The van der Waals surface area contributed by atoms with Crippen LogP contribution in [0.2, 0.25) is 0 Å². The van der Waals surface area contributed by atoms with Gasteiger partial charge in [-0.25, -0.2) is 4.79 Å². The zero-order valence-corrected chi connectivity index (χ0v) is 15.4. The maximum Gasteiger partial charge on any atom is 0.343 e. The summed E-state index contributed by atoms with van der Waals surface area (Å²) in [6.07, 6.45) is 4.03. The fourth-order valence-corrected chi connectivity index (χ4v) is 2.16. The smallest absolute Gasteiger partial charge is 0.343 e. The van der Waals surface area contributed by atoms with E-state index in [2.05, 4.69) is 5.32 Å². The topological polar surface area (TPSA) is 105 Å². The van der Waals surface area contributed by atoms with Crippen molar-refractivity contribution in [1.82, 2.24) is 5.32 Å². The van der Waals surface area contributed by atoms with Gasteiger partial charge in [0.05, 0.1) is 5.56 Å². The third-order valence-corrected chi connectivity index (χ3v) is 3.95. The first-order valence-electron chi connectivity index (χ1n) is 8.64. The largest absolute Gasteiger partial charge is 0.423 e. The first kappa shape index (κ1) is 19.9. The van der Waals surface area contributed by atoms with E-state index in [0.29, 0.717) is 16.9 Å². The molecule has 6 heteroatoms. The monoisotopic (exact) mass is 365 g/mol. The number of rotatable bonds is 7. The van der Waals surface area contributed by atoms with Gasteiger partial charge in [0, 0.05) is 17.7 Å². The Bertz CT molecular complexity index is 840. The summed E-state index contributed by atoms with van der Waals surface area (Å²) in [5, 5.41) is 10.2. The number of amidine groups is 1. The molecule has 4 N–H and O–H groups in total. The van der Waals surface area contributed by atoms with Crippen LogP contribution in [0.25, 0.3) is 6.08 Å². The molecule has 1 amide bonds. The van der Waals surface area contributed by atoms with E-state index in [0.717, 1.165) is 12.0 Å². The van der Waals surface area contributed by atoms with Gasteiger partial charge in [0.2, 0.25) is 5.91 Å². The lowest BCUT2D eigenvalue weighted by Crippen LogP contribution is -2.30. The number of ether oxygens (including phenoxy) is 1. The molecule has 6 nitrogen and oxygen atoms in total. The Labute approximate surface area is 158 Å². The molecule has 0 aliphatic rings. The zero-order chi connectivity index (χ0) is 19.8. The van der Waals surface area contributed by atoms with Gasteiger partial charge < -0.3 is 15.8 Å². The van der Waals surface area contributed by atoms with Crippen molar-refractivity contribution in [3.63, 3.8) is 0 Å². The summed E-state index contributed by atoms with van der Waals surface area (Å²) < 4.78 is 5.30. The molecule has 0 heterocycles. The Morgan fingerprint density at radius 2 is 1.70 bits per heavy atom. The number of carbonyl (C=O) groups is 2. The van der Waals surface area contributed by atoms with E-state index in [4.69, 9.17) is 15.9 Å². The average Bonchev–Trinajstić information content (AvgIpc) is 2.67. The Hall–Kier alpha value is -3.41. The number of hydrogen-bond acceptors (Lipinski definition) is 4. The summed E-state index contributed by atoms with van der Waals surface area (Å²) in [5.41, 5.74) is 7.15. The summed E-state index contributed by atoms with van der Waals surface area (Å²) in [4.78, 5) is 23.9. The Morgan fingerprint density at radius 1 is 1.11 bits per heavy atom. The van der Waals surface area contributed by atoms with E-state index in [-0.39, 0.29) is 17.8 Å². The van der Waals surface area contributed by atoms with Gasteiger partial charge in [-0.2, -0.15) is 0 Å². The highest BCUT2D eigenvalue weighted by Crippen LogP contribution is 2.15. The maximum atomic E-state index is 12.2. The van der Waals surface area contributed by atoms with Gasteiger partial charge >= 0.3 is 5.97 Å². The van der Waals surface area contributed by atoms with Crippen molar-refractivity contribution in [2.24, 2.45) is 5.73 Å². The van der Waals surface area contributed by atoms with Crippen molar-refractivity contribution in [3.05, 3.63) is 71.3 Å². The van der Waals surface area contributed by atoms with Gasteiger partial charge in [-0.3, -0.25) is 10.2 Å². The molecule has 0 bridgehead atoms. The fraction of sp³-hybridized carbons (Fsp3) is 0.190. The fourth-order valence-electron chi connectivity index (χ4n) is 2.16. The third kappa shape index (κ3) is 6.11. The quantitative estimate of drug-likeness (QED) is 0.230. The number of esters is 1. The second-order valence-electron chi connectivity index (χ2n) is 6.10. The Kier molecular flexibility index (Phi) is 6.88. The zero-order valence-electron chi connectivity index (χ0n) is 15.4. The van der Waals surface area contributed by atoms with Crippen LogP contribution in [0.3, 0.4) is 0 Å². The molecule has 2 rings (SSSR count). The molecule has 0 unspecified atom stereocenters. The summed E-state index contributed by atoms with van der Waals surface area (Å²) in [6, 6.07) is 13.3. The lowest BCUT2D eigenvalue weighted by atomic mass is 10.1. The molecule has 140 valence electrons. The van der Waals surface area contributed by atoms with Gasteiger partial charge in [0.1, 0.15) is 11.6 Å². The van der Waals surface area contributed by atoms with Crippen LogP contribution in [0, 0.1) is 5.41 Å². The highest BCUT2D eigenvalue weighted by molar-refractivity contribution is 5.95. The van der Waals surface area contributed by atoms with Gasteiger partial charge in [0.15, 0.2) is 0 Å². The molecule has 0 fully saturated rings. The van der Waals surface area contributed by atoms with E-state index in [1.807, 2.05) is 13.8 Å². The Balaban J connectivity index is 1.96. The molecular formula is C21H23N3O3. The van der Waals surface area contributed by atoms with E-state index in [1.54, 1.807) is 54.6 Å². The lowest BCUT2D eigenvalue weighted by Gasteiger charge is -2.08. The van der Waals surface area contributed by atoms with Crippen LogP contribution in [0.5, 0.6) is 5.75 Å². The van der Waals surface area contributed by atoms with Crippen molar-refractivity contribution in [3.8, 4) is 5.75 Å². The van der Waals surface area contributed by atoms with E-state index >= 15 is 0 Å². The minimum Gasteiger partial charge on any atom is -0.423 e. The second-order valence-corrected chi connectivity index (χ2v) is 6.10. The second kappa shape index (κ2) is 9.33. The lowest BCUT2D eigenvalue weighted by molar-refractivity contribution is -0.117. The van der Waals surface area contributed by atoms with Crippen molar-refractivity contribution < 1.29 is 14.3 Å². The molecule has 2 aromatic carbocycles. The van der Waals surface area contributed by atoms with E-state index in [1.165, 1.54) is 6.08 Å². The summed E-state index contributed by atoms with van der Waals surface area (Å²) in [7, 11) is 0. The molecule has 1 atom stereocenters. The first-order valence-corrected chi connectivity index (χ1v) is 8.64. The molecule has 0 aliphatic heterocycles. The molecule has 2 aromatic rings. The number of benzene rings is 2. The standard InChI is InChI=1S/C21H23N3O3/c1-3-14(2)24-19(25)13-6-15-4-7-17(8-5-15)21(26)27-18-11-9-16(10-12-18)20(22)23/h4-14H,3H2,1-2H3,(H3,22,23)(H,24,25)/b13-6+/t14-/m1/s1. The maximum absolute atomic E-state index is 12.2. The predicted octanol–water partition coefficient (Wildman–Crippen LogP) is 3.12. The first-order chi connectivity index (χ1) is 12.9. The molecule has 0 aromatic heterocycles. The van der Waals surface area contributed by atoms with Gasteiger partial charge in [0.25, 0.3) is 0 Å². The number of carbonyl (C=O) groups excluding carboxylic acids is 2. The molecule has 0 saturated carbocycles. The van der Waals surface area contributed by atoms with Crippen molar-refractivity contribution >= 4 is 23.8 Å². The summed E-state index contributed by atoms with van der Waals surface area (Å²) in [5.74, 6) is -0.317. The van der Waals surface area contributed by atoms with Crippen LogP contribution in [-0.2, 0) is 4.79 Å². The highest BCUT2D eigenvalue weighted by atomic mass is 16.5. The van der Waals surface area contributed by atoms with Gasteiger partial charge in [-0.15, -0.1) is 0 Å². The molecule has 0 saturated heterocycles. The van der Waals surface area contributed by atoms with Crippen molar-refractivity contribution in [2.45, 2.75) is 26.3 Å². The van der Waals surface area contributed by atoms with Crippen LogP contribution in [0.4, 0.5) is 0 Å². The normalized spacial score (nSPS) is 11.8. The third-order valence-electron chi connectivity index (χ3n) is 3.95. The molecule has 27 heavy (non-hydrogen) atoms. The van der Waals surface area contributed by atoms with Crippen LogP contribution in [-0.4, -0.2) is 23.8 Å². The van der Waals surface area contributed by atoms with Crippen LogP contribution in [0.1, 0.15) is 41.8 Å². The molecular weight excluding hydrogens is 342 g/mol. The van der Waals surface area contributed by atoms with Crippen LogP contribution in [0.15, 0.2) is 54.6 Å². The SMILES string of the molecule is CC[C@@H](C)NC(=O)/C=C/c1ccc(C(=O)Oc2ccc(C(=N)N)cc2)cc1. The molecule has 0 radical (unpaired) electrons. The average molecular weight is 365 g/mol.